The molecule has 0 radical (unpaired) electrons. The van der Waals surface area contributed by atoms with Crippen LogP contribution in [0.4, 0.5) is 4.79 Å². The van der Waals surface area contributed by atoms with Gasteiger partial charge in [0.1, 0.15) is 5.58 Å². The number of benzene rings is 1. The molecular formula is C18H20N2O6. The number of aryl methyl sites for hydroxylation is 1. The number of imide groups is 1. The van der Waals surface area contributed by atoms with Gasteiger partial charge >= 0.3 is 12.0 Å². The molecule has 1 heterocycles. The molecule has 3 amide bonds. The Balaban J connectivity index is 1.94. The Hall–Kier alpha value is -3.16. The first kappa shape index (κ1) is 19.2. The van der Waals surface area contributed by atoms with Crippen molar-refractivity contribution in [1.29, 1.82) is 0 Å². The van der Waals surface area contributed by atoms with E-state index < -0.39 is 24.5 Å². The Labute approximate surface area is 149 Å². The molecule has 0 bridgehead atoms. The second-order valence-electron chi connectivity index (χ2n) is 5.71. The van der Waals surface area contributed by atoms with Crippen LogP contribution in [0.15, 0.2) is 33.5 Å². The highest BCUT2D eigenvalue weighted by molar-refractivity contribution is 5.96. The zero-order valence-corrected chi connectivity index (χ0v) is 14.6. The monoisotopic (exact) mass is 360 g/mol. The van der Waals surface area contributed by atoms with Gasteiger partial charge in [0.25, 0.3) is 5.91 Å². The topological polar surface area (TPSA) is 115 Å². The molecule has 1 aromatic carbocycles. The molecule has 2 aromatic rings. The smallest absolute Gasteiger partial charge is 0.374 e. The summed E-state index contributed by atoms with van der Waals surface area (Å²) in [5, 5.41) is 4.88. The minimum Gasteiger partial charge on any atom is -0.450 e. The van der Waals surface area contributed by atoms with E-state index in [4.69, 9.17) is 9.15 Å². The number of hydrogen-bond donors (Lipinski definition) is 2. The van der Waals surface area contributed by atoms with Gasteiger partial charge in [-0.25, -0.2) is 9.59 Å². The van der Waals surface area contributed by atoms with Crippen molar-refractivity contribution in [2.45, 2.75) is 26.7 Å². The third-order valence-corrected chi connectivity index (χ3v) is 3.49. The molecule has 0 atom stereocenters. The third-order valence-electron chi connectivity index (χ3n) is 3.49. The lowest BCUT2D eigenvalue weighted by molar-refractivity contribution is -0.123. The SMILES string of the molecule is CCCCNC(=O)NC(=O)COC(=O)c1cc(=O)c2cc(C)ccc2o1. The Morgan fingerprint density at radius 3 is 2.69 bits per heavy atom. The average molecular weight is 360 g/mol. The number of ether oxygens (including phenoxy) is 1. The summed E-state index contributed by atoms with van der Waals surface area (Å²) in [6.07, 6.45) is 1.69. The molecule has 0 aliphatic rings. The van der Waals surface area contributed by atoms with Gasteiger partial charge in [-0.05, 0) is 25.5 Å². The van der Waals surface area contributed by atoms with Gasteiger partial charge in [-0.2, -0.15) is 0 Å². The van der Waals surface area contributed by atoms with E-state index in [1.807, 2.05) is 19.2 Å². The van der Waals surface area contributed by atoms with Gasteiger partial charge in [-0.15, -0.1) is 0 Å². The van der Waals surface area contributed by atoms with Gasteiger partial charge in [0.15, 0.2) is 12.0 Å². The highest BCUT2D eigenvalue weighted by Gasteiger charge is 2.16. The normalized spacial score (nSPS) is 10.4. The number of fused-ring (bicyclic) bond motifs is 1. The van der Waals surface area contributed by atoms with Crippen molar-refractivity contribution in [2.24, 2.45) is 0 Å². The van der Waals surface area contributed by atoms with E-state index in [1.165, 1.54) is 0 Å². The van der Waals surface area contributed by atoms with Crippen molar-refractivity contribution >= 4 is 28.9 Å². The Bertz CT molecular complexity index is 887. The third kappa shape index (κ3) is 5.17. The van der Waals surface area contributed by atoms with Crippen LogP contribution < -0.4 is 16.1 Å². The highest BCUT2D eigenvalue weighted by atomic mass is 16.5. The number of esters is 1. The first-order valence-corrected chi connectivity index (χ1v) is 8.20. The minimum atomic E-state index is -0.967. The zero-order chi connectivity index (χ0) is 19.1. The molecule has 0 unspecified atom stereocenters. The van der Waals surface area contributed by atoms with Crippen LogP contribution in [0.5, 0.6) is 0 Å². The maximum Gasteiger partial charge on any atom is 0.374 e. The van der Waals surface area contributed by atoms with Crippen LogP contribution >= 0.6 is 0 Å². The second kappa shape index (κ2) is 8.80. The van der Waals surface area contributed by atoms with Crippen LogP contribution in [-0.4, -0.2) is 31.1 Å². The molecule has 0 saturated carbocycles. The van der Waals surface area contributed by atoms with Crippen molar-refractivity contribution in [1.82, 2.24) is 10.6 Å². The quantitative estimate of drug-likeness (QED) is 0.600. The van der Waals surface area contributed by atoms with Gasteiger partial charge in [-0.3, -0.25) is 14.9 Å². The number of amides is 3. The number of hydrogen-bond acceptors (Lipinski definition) is 6. The molecule has 0 spiro atoms. The van der Waals surface area contributed by atoms with Crippen LogP contribution in [0.1, 0.15) is 35.9 Å². The van der Waals surface area contributed by atoms with E-state index in [9.17, 15) is 19.2 Å². The average Bonchev–Trinajstić information content (AvgIpc) is 2.60. The first-order valence-electron chi connectivity index (χ1n) is 8.20. The minimum absolute atomic E-state index is 0.245. The lowest BCUT2D eigenvalue weighted by Gasteiger charge is -2.07. The largest absolute Gasteiger partial charge is 0.450 e. The van der Waals surface area contributed by atoms with Crippen molar-refractivity contribution < 1.29 is 23.5 Å². The number of carbonyl (C=O) groups is 3. The maximum absolute atomic E-state index is 12.1. The lowest BCUT2D eigenvalue weighted by Crippen LogP contribution is -2.41. The number of unbranched alkanes of at least 4 members (excludes halogenated alkanes) is 1. The molecule has 0 saturated heterocycles. The predicted octanol–water partition coefficient (Wildman–Crippen LogP) is 1.88. The van der Waals surface area contributed by atoms with Gasteiger partial charge in [0.2, 0.25) is 5.76 Å². The number of nitrogens with one attached hydrogen (secondary N) is 2. The predicted molar refractivity (Wildman–Crippen MR) is 94.0 cm³/mol. The summed E-state index contributed by atoms with van der Waals surface area (Å²) >= 11 is 0. The standard InChI is InChI=1S/C18H20N2O6/c1-3-4-7-19-18(24)20-16(22)10-25-17(23)15-9-13(21)12-8-11(2)5-6-14(12)26-15/h5-6,8-9H,3-4,7,10H2,1-2H3,(H2,19,20,22,24). The van der Waals surface area contributed by atoms with Crippen LogP contribution in [0.3, 0.4) is 0 Å². The summed E-state index contributed by atoms with van der Waals surface area (Å²) in [5.41, 5.74) is 0.741. The van der Waals surface area contributed by atoms with Gasteiger partial charge in [0.05, 0.1) is 5.39 Å². The molecule has 8 heteroatoms. The molecule has 2 rings (SSSR count). The fourth-order valence-electron chi connectivity index (χ4n) is 2.16. The highest BCUT2D eigenvalue weighted by Crippen LogP contribution is 2.14. The molecular weight excluding hydrogens is 340 g/mol. The van der Waals surface area contributed by atoms with E-state index in [0.717, 1.165) is 24.5 Å². The van der Waals surface area contributed by atoms with E-state index >= 15 is 0 Å². The first-order chi connectivity index (χ1) is 12.4. The molecule has 1 aromatic heterocycles. The fourth-order valence-corrected chi connectivity index (χ4v) is 2.16. The summed E-state index contributed by atoms with van der Waals surface area (Å²) < 4.78 is 10.1. The van der Waals surface area contributed by atoms with E-state index in [0.29, 0.717) is 11.9 Å². The van der Waals surface area contributed by atoms with Crippen molar-refractivity contribution in [2.75, 3.05) is 13.2 Å². The van der Waals surface area contributed by atoms with Crippen molar-refractivity contribution in [3.8, 4) is 0 Å². The summed E-state index contributed by atoms with van der Waals surface area (Å²) in [5.74, 6) is -2.07. The molecule has 8 nitrogen and oxygen atoms in total. The van der Waals surface area contributed by atoms with Crippen LogP contribution in [0.2, 0.25) is 0 Å². The van der Waals surface area contributed by atoms with E-state index in [1.54, 1.807) is 18.2 Å². The van der Waals surface area contributed by atoms with Crippen molar-refractivity contribution in [3.05, 3.63) is 45.8 Å². The van der Waals surface area contributed by atoms with Gasteiger partial charge in [0, 0.05) is 12.6 Å². The molecule has 0 fully saturated rings. The van der Waals surface area contributed by atoms with Gasteiger partial charge in [-0.1, -0.05) is 25.0 Å². The van der Waals surface area contributed by atoms with E-state index in [2.05, 4.69) is 5.32 Å². The summed E-state index contributed by atoms with van der Waals surface area (Å²) in [6, 6.07) is 5.33. The fraction of sp³-hybridized carbons (Fsp3) is 0.333. The lowest BCUT2D eigenvalue weighted by atomic mass is 10.1. The number of rotatable bonds is 6. The number of carbonyl (C=O) groups excluding carboxylic acids is 3. The Morgan fingerprint density at radius 1 is 1.19 bits per heavy atom. The Kier molecular flexibility index (Phi) is 6.48. The zero-order valence-electron chi connectivity index (χ0n) is 14.6. The molecule has 0 aliphatic carbocycles. The van der Waals surface area contributed by atoms with Crippen LogP contribution in [0.25, 0.3) is 11.0 Å². The number of urea groups is 1. The van der Waals surface area contributed by atoms with E-state index in [-0.39, 0.29) is 16.8 Å². The molecule has 26 heavy (non-hydrogen) atoms. The summed E-state index contributed by atoms with van der Waals surface area (Å²) in [4.78, 5) is 47.1. The van der Waals surface area contributed by atoms with Crippen molar-refractivity contribution in [3.63, 3.8) is 0 Å². The molecule has 138 valence electrons. The molecule has 2 N–H and O–H groups in total. The Morgan fingerprint density at radius 2 is 1.96 bits per heavy atom. The van der Waals surface area contributed by atoms with Crippen LogP contribution in [-0.2, 0) is 9.53 Å². The summed E-state index contributed by atoms with van der Waals surface area (Å²) in [7, 11) is 0. The maximum atomic E-state index is 12.1. The second-order valence-corrected chi connectivity index (χ2v) is 5.71. The van der Waals surface area contributed by atoms with Gasteiger partial charge < -0.3 is 14.5 Å². The van der Waals surface area contributed by atoms with Crippen LogP contribution in [0, 0.1) is 6.92 Å². The summed E-state index contributed by atoms with van der Waals surface area (Å²) in [6.45, 7) is 3.57. The molecule has 0 aliphatic heterocycles.